The third-order valence-corrected chi connectivity index (χ3v) is 14.2. The number of carbonyl (C=O) groups excluding carboxylic acids is 1. The summed E-state index contributed by atoms with van der Waals surface area (Å²) in [5.74, 6) is -0.277. The van der Waals surface area contributed by atoms with Crippen molar-refractivity contribution < 1.29 is 64.6 Å². The van der Waals surface area contributed by atoms with Crippen molar-refractivity contribution in [2.24, 2.45) is 0 Å². The molecule has 0 aromatic rings. The molecule has 0 aromatic heterocycles. The summed E-state index contributed by atoms with van der Waals surface area (Å²) in [5, 5.41) is 87.1. The first-order valence-electron chi connectivity index (χ1n) is 30.8. The lowest BCUT2D eigenvalue weighted by Gasteiger charge is -2.46. The molecular weight excluding hydrogens is 1010 g/mol. The zero-order valence-corrected chi connectivity index (χ0v) is 49.0. The predicted octanol–water partition coefficient (Wildman–Crippen LogP) is 11.0. The van der Waals surface area contributed by atoms with Crippen molar-refractivity contribution in [3.8, 4) is 0 Å². The lowest BCUT2D eigenvalue weighted by molar-refractivity contribution is -0.359. The number of ether oxygens (including phenoxy) is 4. The zero-order valence-electron chi connectivity index (χ0n) is 49.0. The van der Waals surface area contributed by atoms with E-state index in [1.54, 1.807) is 6.08 Å². The fourth-order valence-electron chi connectivity index (χ4n) is 9.22. The van der Waals surface area contributed by atoms with Gasteiger partial charge < -0.3 is 65.1 Å². The topological polar surface area (TPSA) is 228 Å². The van der Waals surface area contributed by atoms with Gasteiger partial charge in [-0.3, -0.25) is 4.79 Å². The van der Waals surface area contributed by atoms with Crippen molar-refractivity contribution >= 4 is 5.91 Å². The number of carbonyl (C=O) groups is 1. The summed E-state index contributed by atoms with van der Waals surface area (Å²) in [6, 6.07) is -0.942. The van der Waals surface area contributed by atoms with Crippen molar-refractivity contribution in [3.63, 3.8) is 0 Å². The Morgan fingerprint density at radius 2 is 0.863 bits per heavy atom. The minimum Gasteiger partial charge on any atom is -0.394 e. The fraction of sp³-hybridized carbons (Fsp3) is 0.682. The Hall–Kier alpha value is -3.61. The minimum absolute atomic E-state index is 0.233. The molecule has 14 nitrogen and oxygen atoms in total. The number of hydrogen-bond donors (Lipinski definition) is 9. The van der Waals surface area contributed by atoms with Gasteiger partial charge >= 0.3 is 0 Å². The molecule has 9 N–H and O–H groups in total. The van der Waals surface area contributed by atoms with E-state index in [0.717, 1.165) is 103 Å². The average molecular weight is 1120 g/mol. The highest BCUT2D eigenvalue weighted by Crippen LogP contribution is 2.30. The molecule has 0 aromatic carbocycles. The van der Waals surface area contributed by atoms with Crippen LogP contribution in [0.2, 0.25) is 0 Å². The molecule has 80 heavy (non-hydrogen) atoms. The SMILES string of the molecule is CC/C=C\C/C=C\C/C=C\C/C=C\C/C=C\C/C=C\C/C=C\C/C=C\C/C=C\CCCCCC(=O)NC(COC1OC(CO)C(OC2OC(CO)C(O)C(O)C2O)C(O)C1O)C(O)/C=C/CCCCCCCCCCCCCCC. The number of unbranched alkanes of at least 4 members (excludes halogenated alkanes) is 16. The van der Waals surface area contributed by atoms with Crippen LogP contribution >= 0.6 is 0 Å². The molecule has 2 aliphatic heterocycles. The van der Waals surface area contributed by atoms with Crippen LogP contribution in [0.1, 0.15) is 194 Å². The second-order valence-electron chi connectivity index (χ2n) is 21.1. The predicted molar refractivity (Wildman–Crippen MR) is 322 cm³/mol. The molecule has 12 atom stereocenters. The third kappa shape index (κ3) is 34.7. The van der Waals surface area contributed by atoms with E-state index in [-0.39, 0.29) is 18.9 Å². The van der Waals surface area contributed by atoms with Crippen LogP contribution in [0, 0.1) is 0 Å². The molecule has 2 saturated heterocycles. The molecule has 14 heteroatoms. The maximum Gasteiger partial charge on any atom is 0.220 e. The van der Waals surface area contributed by atoms with E-state index in [4.69, 9.17) is 18.9 Å². The number of rotatable bonds is 47. The number of aliphatic hydroxyl groups is 8. The highest BCUT2D eigenvalue weighted by atomic mass is 16.7. The van der Waals surface area contributed by atoms with Gasteiger partial charge in [-0.1, -0.05) is 219 Å². The van der Waals surface area contributed by atoms with Gasteiger partial charge in [-0.15, -0.1) is 0 Å². The van der Waals surface area contributed by atoms with Gasteiger partial charge in [0.05, 0.1) is 32.0 Å². The molecular formula is C66H109NO13. The molecule has 12 unspecified atom stereocenters. The van der Waals surface area contributed by atoms with E-state index < -0.39 is 86.8 Å². The van der Waals surface area contributed by atoms with Gasteiger partial charge in [0.2, 0.25) is 5.91 Å². The molecule has 2 heterocycles. The summed E-state index contributed by atoms with van der Waals surface area (Å²) in [4.78, 5) is 13.3. The number of nitrogens with one attached hydrogen (secondary N) is 1. The summed E-state index contributed by atoms with van der Waals surface area (Å²) < 4.78 is 22.7. The van der Waals surface area contributed by atoms with E-state index >= 15 is 0 Å². The van der Waals surface area contributed by atoms with Crippen LogP contribution in [-0.2, 0) is 23.7 Å². The van der Waals surface area contributed by atoms with Crippen molar-refractivity contribution in [1.82, 2.24) is 5.32 Å². The van der Waals surface area contributed by atoms with Crippen molar-refractivity contribution in [1.29, 1.82) is 0 Å². The van der Waals surface area contributed by atoms with Crippen molar-refractivity contribution in [2.45, 2.75) is 267 Å². The van der Waals surface area contributed by atoms with E-state index in [1.807, 2.05) is 6.08 Å². The molecule has 2 fully saturated rings. The summed E-state index contributed by atoms with van der Waals surface area (Å²) >= 11 is 0. The van der Waals surface area contributed by atoms with E-state index in [2.05, 4.69) is 129 Å². The van der Waals surface area contributed by atoms with Crippen LogP contribution in [0.25, 0.3) is 0 Å². The van der Waals surface area contributed by atoms with Crippen LogP contribution in [0.4, 0.5) is 0 Å². The van der Waals surface area contributed by atoms with Crippen LogP contribution in [0.15, 0.2) is 122 Å². The molecule has 0 bridgehead atoms. The maximum absolute atomic E-state index is 13.3. The smallest absolute Gasteiger partial charge is 0.220 e. The lowest BCUT2D eigenvalue weighted by Crippen LogP contribution is -2.65. The molecule has 0 radical (unpaired) electrons. The van der Waals surface area contributed by atoms with E-state index in [9.17, 15) is 45.6 Å². The molecule has 456 valence electrons. The Morgan fingerprint density at radius 1 is 0.463 bits per heavy atom. The number of allylic oxidation sites excluding steroid dienone is 19. The molecule has 2 rings (SSSR count). The average Bonchev–Trinajstić information content (AvgIpc) is 3.46. The Morgan fingerprint density at radius 3 is 1.32 bits per heavy atom. The number of aliphatic hydroxyl groups excluding tert-OH is 8. The third-order valence-electron chi connectivity index (χ3n) is 14.2. The summed E-state index contributed by atoms with van der Waals surface area (Å²) in [7, 11) is 0. The first-order chi connectivity index (χ1) is 39.1. The monoisotopic (exact) mass is 1120 g/mol. The van der Waals surface area contributed by atoms with E-state index in [1.165, 1.54) is 64.2 Å². The summed E-state index contributed by atoms with van der Waals surface area (Å²) in [5.41, 5.74) is 0. The van der Waals surface area contributed by atoms with Crippen LogP contribution < -0.4 is 5.32 Å². The van der Waals surface area contributed by atoms with Crippen LogP contribution in [0.5, 0.6) is 0 Å². The Labute approximate surface area is 482 Å². The maximum atomic E-state index is 13.3. The Kier molecular flexibility index (Phi) is 45.3. The van der Waals surface area contributed by atoms with Crippen LogP contribution in [-0.4, -0.2) is 140 Å². The minimum atomic E-state index is -1.80. The summed E-state index contributed by atoms with van der Waals surface area (Å²) in [6.07, 6.45) is 55.2. The zero-order chi connectivity index (χ0) is 58.1. The van der Waals surface area contributed by atoms with Gasteiger partial charge in [-0.05, 0) is 89.9 Å². The Bertz CT molecular complexity index is 1800. The highest BCUT2D eigenvalue weighted by Gasteiger charge is 2.51. The lowest BCUT2D eigenvalue weighted by atomic mass is 9.97. The normalized spacial score (nSPS) is 25.1. The molecule has 0 spiro atoms. The second-order valence-corrected chi connectivity index (χ2v) is 21.1. The first kappa shape index (κ1) is 72.5. The molecule has 0 saturated carbocycles. The van der Waals surface area contributed by atoms with Crippen molar-refractivity contribution in [2.75, 3.05) is 19.8 Å². The van der Waals surface area contributed by atoms with Gasteiger partial charge in [-0.25, -0.2) is 0 Å². The van der Waals surface area contributed by atoms with Crippen molar-refractivity contribution in [3.05, 3.63) is 122 Å². The standard InChI is InChI=1S/C66H109NO13/c1-3-5-7-9-11-13-15-17-19-20-21-22-23-24-25-26-27-28-29-30-31-32-33-34-36-38-40-42-44-46-48-50-58(71)67-54(55(70)49-47-45-43-41-39-37-35-18-16-14-12-10-8-6-4-2)53-77-65-63(76)61(74)64(57(52-69)79-65)80-66-62(75)60(73)59(72)56(51-68)78-66/h5,7,11,13,17,19,21-22,24-25,27-28,30-31,33-34,38,40,47,49,54-57,59-66,68-70,72-76H,3-4,6,8-10,12,14-16,18,20,23,26,29,32,35-37,39,41-46,48,50-53H2,1-2H3,(H,67,71)/b7-5-,13-11-,19-17-,22-21-,25-24-,28-27-,31-30-,34-33-,40-38-,49-47+. The molecule has 1 amide bonds. The Balaban J connectivity index is 1.75. The van der Waals surface area contributed by atoms with Gasteiger partial charge in [0.15, 0.2) is 12.6 Å². The highest BCUT2D eigenvalue weighted by molar-refractivity contribution is 5.76. The van der Waals surface area contributed by atoms with E-state index in [0.29, 0.717) is 6.42 Å². The van der Waals surface area contributed by atoms with Gasteiger partial charge in [0, 0.05) is 6.42 Å². The van der Waals surface area contributed by atoms with Crippen LogP contribution in [0.3, 0.4) is 0 Å². The number of amides is 1. The van der Waals surface area contributed by atoms with Gasteiger partial charge in [0.1, 0.15) is 48.8 Å². The quantitative estimate of drug-likeness (QED) is 0.0204. The number of hydrogen-bond acceptors (Lipinski definition) is 13. The molecule has 0 aliphatic carbocycles. The second kappa shape index (κ2) is 50.0. The summed E-state index contributed by atoms with van der Waals surface area (Å²) in [6.45, 7) is 2.64. The first-order valence-corrected chi connectivity index (χ1v) is 30.8. The molecule has 2 aliphatic rings. The fourth-order valence-corrected chi connectivity index (χ4v) is 9.22. The van der Waals surface area contributed by atoms with Gasteiger partial charge in [0.25, 0.3) is 0 Å². The van der Waals surface area contributed by atoms with Gasteiger partial charge in [-0.2, -0.15) is 0 Å². The largest absolute Gasteiger partial charge is 0.394 e.